The summed E-state index contributed by atoms with van der Waals surface area (Å²) in [6.07, 6.45) is 0. The molecule has 0 saturated carbocycles. The maximum Gasteiger partial charge on any atom is 0.273 e. The van der Waals surface area contributed by atoms with E-state index in [1.54, 1.807) is 20.3 Å². The minimum atomic E-state index is -0.243. The van der Waals surface area contributed by atoms with Gasteiger partial charge in [0.2, 0.25) is 0 Å². The van der Waals surface area contributed by atoms with E-state index in [-0.39, 0.29) is 5.91 Å². The van der Waals surface area contributed by atoms with E-state index in [4.69, 9.17) is 9.47 Å². The Hall–Kier alpha value is -3.32. The molecule has 0 spiro atoms. The monoisotopic (exact) mass is 394 g/mol. The van der Waals surface area contributed by atoms with E-state index in [1.807, 2.05) is 51.4 Å². The lowest BCUT2D eigenvalue weighted by Gasteiger charge is -2.15. The van der Waals surface area contributed by atoms with Crippen LogP contribution in [0, 0.1) is 6.92 Å². The van der Waals surface area contributed by atoms with E-state index >= 15 is 0 Å². The van der Waals surface area contributed by atoms with Crippen LogP contribution in [0.5, 0.6) is 11.5 Å². The van der Waals surface area contributed by atoms with Gasteiger partial charge in [0.05, 0.1) is 19.9 Å². The normalized spacial score (nSPS) is 10.8. The number of hydrogen-bond acceptors (Lipinski definition) is 5. The number of aryl methyl sites for hydroxylation is 1. The number of ether oxygens (including phenoxy) is 2. The molecule has 0 unspecified atom stereocenters. The van der Waals surface area contributed by atoms with Crippen LogP contribution in [0.1, 0.15) is 21.6 Å². The fraction of sp³-hybridized carbons (Fsp3) is 0.273. The van der Waals surface area contributed by atoms with E-state index in [9.17, 15) is 4.79 Å². The molecule has 0 saturated heterocycles. The van der Waals surface area contributed by atoms with Gasteiger partial charge in [0.15, 0.2) is 11.5 Å². The number of nitrogens with zero attached hydrogens (tertiary/aromatic N) is 2. The number of benzene rings is 2. The molecular weight excluding hydrogens is 368 g/mol. The molecule has 152 valence electrons. The van der Waals surface area contributed by atoms with Crippen LogP contribution in [0.2, 0.25) is 0 Å². The standard InChI is InChI=1S/C22H26N4O3/c1-14-6-8-17(16(10-14)13-26(2)3)23-22(27)19-12-18(24-25-19)15-7-9-20(28-4)21(11-15)29-5/h6-12H,13H2,1-5H3,(H,23,27)(H,24,25). The molecule has 0 aliphatic heterocycles. The van der Waals surface area contributed by atoms with Crippen molar-refractivity contribution in [3.05, 3.63) is 59.3 Å². The third-order valence-electron chi connectivity index (χ3n) is 4.50. The summed E-state index contributed by atoms with van der Waals surface area (Å²) >= 11 is 0. The summed E-state index contributed by atoms with van der Waals surface area (Å²) in [5, 5.41) is 10.1. The second-order valence-corrected chi connectivity index (χ2v) is 7.09. The third kappa shape index (κ3) is 4.75. The maximum atomic E-state index is 12.8. The van der Waals surface area contributed by atoms with Gasteiger partial charge in [-0.15, -0.1) is 0 Å². The molecule has 3 aromatic rings. The van der Waals surface area contributed by atoms with E-state index in [0.29, 0.717) is 22.9 Å². The molecule has 0 fully saturated rings. The number of rotatable bonds is 7. The van der Waals surface area contributed by atoms with Crippen molar-refractivity contribution in [2.75, 3.05) is 33.6 Å². The molecule has 1 amide bonds. The molecule has 7 nitrogen and oxygen atoms in total. The number of anilines is 1. The Bertz CT molecular complexity index is 1010. The van der Waals surface area contributed by atoms with Crippen LogP contribution >= 0.6 is 0 Å². The largest absolute Gasteiger partial charge is 0.493 e. The van der Waals surface area contributed by atoms with Gasteiger partial charge in [0.25, 0.3) is 5.91 Å². The highest BCUT2D eigenvalue weighted by atomic mass is 16.5. The van der Waals surface area contributed by atoms with Gasteiger partial charge in [-0.2, -0.15) is 5.10 Å². The van der Waals surface area contributed by atoms with Crippen LogP contribution in [-0.4, -0.2) is 49.3 Å². The van der Waals surface area contributed by atoms with Crippen molar-refractivity contribution in [1.82, 2.24) is 15.1 Å². The Morgan fingerprint density at radius 1 is 1.07 bits per heavy atom. The molecule has 29 heavy (non-hydrogen) atoms. The number of carbonyl (C=O) groups is 1. The second-order valence-electron chi connectivity index (χ2n) is 7.09. The summed E-state index contributed by atoms with van der Waals surface area (Å²) in [6.45, 7) is 2.77. The summed E-state index contributed by atoms with van der Waals surface area (Å²) in [5.41, 5.74) is 4.85. The number of H-pyrrole nitrogens is 1. The molecule has 3 rings (SSSR count). The van der Waals surface area contributed by atoms with Crippen LogP contribution in [0.15, 0.2) is 42.5 Å². The van der Waals surface area contributed by atoms with Gasteiger partial charge in [0.1, 0.15) is 5.69 Å². The summed E-state index contributed by atoms with van der Waals surface area (Å²) in [5.74, 6) is 0.998. The SMILES string of the molecule is COc1ccc(-c2cc(C(=O)Nc3ccc(C)cc3CN(C)C)[nH]n2)cc1OC. The van der Waals surface area contributed by atoms with Crippen LogP contribution in [0.3, 0.4) is 0 Å². The Morgan fingerprint density at radius 2 is 1.83 bits per heavy atom. The summed E-state index contributed by atoms with van der Waals surface area (Å²) in [4.78, 5) is 14.8. The molecule has 2 N–H and O–H groups in total. The van der Waals surface area contributed by atoms with Gasteiger partial charge in [0, 0.05) is 17.8 Å². The average Bonchev–Trinajstić information content (AvgIpc) is 3.19. The van der Waals surface area contributed by atoms with Crippen molar-refractivity contribution >= 4 is 11.6 Å². The maximum absolute atomic E-state index is 12.8. The zero-order chi connectivity index (χ0) is 21.0. The molecule has 2 aromatic carbocycles. The van der Waals surface area contributed by atoms with Gasteiger partial charge in [-0.05, 0) is 56.9 Å². The van der Waals surface area contributed by atoms with Crippen molar-refractivity contribution in [2.24, 2.45) is 0 Å². The number of hydrogen-bond donors (Lipinski definition) is 2. The minimum Gasteiger partial charge on any atom is -0.493 e. The molecule has 0 radical (unpaired) electrons. The average molecular weight is 394 g/mol. The van der Waals surface area contributed by atoms with Gasteiger partial charge >= 0.3 is 0 Å². The van der Waals surface area contributed by atoms with Gasteiger partial charge in [-0.3, -0.25) is 9.89 Å². The minimum absolute atomic E-state index is 0.243. The van der Waals surface area contributed by atoms with E-state index in [1.165, 1.54) is 0 Å². The summed E-state index contributed by atoms with van der Waals surface area (Å²) in [6, 6.07) is 13.2. The van der Waals surface area contributed by atoms with Crippen LogP contribution in [0.4, 0.5) is 5.69 Å². The fourth-order valence-electron chi connectivity index (χ4n) is 3.09. The van der Waals surface area contributed by atoms with Crippen molar-refractivity contribution in [3.8, 4) is 22.8 Å². The van der Waals surface area contributed by atoms with E-state index in [2.05, 4.69) is 26.5 Å². The number of aromatic nitrogens is 2. The second kappa shape index (κ2) is 8.79. The van der Waals surface area contributed by atoms with Gasteiger partial charge in [-0.25, -0.2) is 0 Å². The first-order chi connectivity index (χ1) is 13.9. The predicted octanol–water partition coefficient (Wildman–Crippen LogP) is 3.72. The number of amides is 1. The van der Waals surface area contributed by atoms with Crippen molar-refractivity contribution in [1.29, 1.82) is 0 Å². The van der Waals surface area contributed by atoms with Crippen molar-refractivity contribution in [2.45, 2.75) is 13.5 Å². The molecule has 0 bridgehead atoms. The van der Waals surface area contributed by atoms with Crippen LogP contribution in [0.25, 0.3) is 11.3 Å². The van der Waals surface area contributed by atoms with Gasteiger partial charge < -0.3 is 19.7 Å². The molecule has 0 aliphatic rings. The van der Waals surface area contributed by atoms with E-state index < -0.39 is 0 Å². The summed E-state index contributed by atoms with van der Waals surface area (Å²) < 4.78 is 10.6. The Kier molecular flexibility index (Phi) is 6.19. The molecule has 7 heteroatoms. The van der Waals surface area contributed by atoms with Crippen LogP contribution in [-0.2, 0) is 6.54 Å². The lowest BCUT2D eigenvalue weighted by atomic mass is 10.1. The first-order valence-electron chi connectivity index (χ1n) is 9.24. The molecule has 0 atom stereocenters. The molecule has 0 aliphatic carbocycles. The Balaban J connectivity index is 1.82. The fourth-order valence-corrected chi connectivity index (χ4v) is 3.09. The topological polar surface area (TPSA) is 79.5 Å². The van der Waals surface area contributed by atoms with Crippen molar-refractivity contribution < 1.29 is 14.3 Å². The number of aromatic amines is 1. The Morgan fingerprint density at radius 3 is 2.52 bits per heavy atom. The third-order valence-corrected chi connectivity index (χ3v) is 4.50. The quantitative estimate of drug-likeness (QED) is 0.639. The van der Waals surface area contributed by atoms with Crippen LogP contribution < -0.4 is 14.8 Å². The zero-order valence-electron chi connectivity index (χ0n) is 17.4. The molecular formula is C22H26N4O3. The lowest BCUT2D eigenvalue weighted by Crippen LogP contribution is -2.17. The lowest BCUT2D eigenvalue weighted by molar-refractivity contribution is 0.102. The number of carbonyl (C=O) groups excluding carboxylic acids is 1. The van der Waals surface area contributed by atoms with Gasteiger partial charge in [-0.1, -0.05) is 17.7 Å². The highest BCUT2D eigenvalue weighted by Crippen LogP contribution is 2.31. The first-order valence-corrected chi connectivity index (χ1v) is 9.24. The highest BCUT2D eigenvalue weighted by molar-refractivity contribution is 6.03. The first kappa shape index (κ1) is 20.4. The van der Waals surface area contributed by atoms with E-state index in [0.717, 1.165) is 28.9 Å². The molecule has 1 aromatic heterocycles. The summed E-state index contributed by atoms with van der Waals surface area (Å²) in [7, 11) is 7.17. The molecule has 1 heterocycles. The smallest absolute Gasteiger partial charge is 0.273 e. The predicted molar refractivity (Wildman–Crippen MR) is 114 cm³/mol. The van der Waals surface area contributed by atoms with Crippen molar-refractivity contribution in [3.63, 3.8) is 0 Å². The number of nitrogens with one attached hydrogen (secondary N) is 2. The number of methoxy groups -OCH3 is 2. The zero-order valence-corrected chi connectivity index (χ0v) is 17.4. The Labute approximate surface area is 170 Å². The highest BCUT2D eigenvalue weighted by Gasteiger charge is 2.15.